The van der Waals surface area contributed by atoms with Crippen LogP contribution in [0.25, 0.3) is 11.4 Å². The van der Waals surface area contributed by atoms with E-state index < -0.39 is 0 Å². The molecule has 0 atom stereocenters. The van der Waals surface area contributed by atoms with Gasteiger partial charge in [-0.2, -0.15) is 0 Å². The third-order valence-corrected chi connectivity index (χ3v) is 2.40. The fourth-order valence-electron chi connectivity index (χ4n) is 1.34. The SMILES string of the molecule is COc1ccccc1-c1nc(Cl)cc(Cl)n1. The maximum atomic E-state index is 5.82. The zero-order chi connectivity index (χ0) is 11.5. The Morgan fingerprint density at radius 2 is 1.69 bits per heavy atom. The molecule has 0 amide bonds. The second-order valence-electron chi connectivity index (χ2n) is 3.04. The van der Waals surface area contributed by atoms with Crippen LogP contribution in [0.15, 0.2) is 30.3 Å². The molecule has 3 nitrogen and oxygen atoms in total. The van der Waals surface area contributed by atoms with E-state index >= 15 is 0 Å². The quantitative estimate of drug-likeness (QED) is 0.771. The molecule has 16 heavy (non-hydrogen) atoms. The van der Waals surface area contributed by atoms with Gasteiger partial charge in [-0.15, -0.1) is 0 Å². The monoisotopic (exact) mass is 254 g/mol. The van der Waals surface area contributed by atoms with E-state index in [9.17, 15) is 0 Å². The number of nitrogens with zero attached hydrogens (tertiary/aromatic N) is 2. The topological polar surface area (TPSA) is 35.0 Å². The number of hydrogen-bond donors (Lipinski definition) is 0. The van der Waals surface area contributed by atoms with Crippen molar-refractivity contribution in [2.24, 2.45) is 0 Å². The predicted molar refractivity (Wildman–Crippen MR) is 64.0 cm³/mol. The van der Waals surface area contributed by atoms with Gasteiger partial charge in [-0.3, -0.25) is 0 Å². The van der Waals surface area contributed by atoms with Gasteiger partial charge >= 0.3 is 0 Å². The van der Waals surface area contributed by atoms with Crippen LogP contribution >= 0.6 is 23.2 Å². The first kappa shape index (κ1) is 11.2. The van der Waals surface area contributed by atoms with Crippen LogP contribution in [0.2, 0.25) is 10.3 Å². The van der Waals surface area contributed by atoms with E-state index in [2.05, 4.69) is 9.97 Å². The standard InChI is InChI=1S/C11H8Cl2N2O/c1-16-8-5-3-2-4-7(8)11-14-9(12)6-10(13)15-11/h2-6H,1H3. The fourth-order valence-corrected chi connectivity index (χ4v) is 1.76. The van der Waals surface area contributed by atoms with E-state index in [1.54, 1.807) is 7.11 Å². The number of rotatable bonds is 2. The Bertz CT molecular complexity index is 497. The number of aromatic nitrogens is 2. The van der Waals surface area contributed by atoms with Crippen molar-refractivity contribution in [3.8, 4) is 17.1 Å². The van der Waals surface area contributed by atoms with Gasteiger partial charge in [0.15, 0.2) is 5.82 Å². The normalized spacial score (nSPS) is 10.2. The van der Waals surface area contributed by atoms with Crippen molar-refractivity contribution in [1.82, 2.24) is 9.97 Å². The highest BCUT2D eigenvalue weighted by Crippen LogP contribution is 2.28. The highest BCUT2D eigenvalue weighted by atomic mass is 35.5. The van der Waals surface area contributed by atoms with Gasteiger partial charge in [-0.05, 0) is 12.1 Å². The molecule has 0 aliphatic rings. The lowest BCUT2D eigenvalue weighted by Gasteiger charge is -2.06. The van der Waals surface area contributed by atoms with Gasteiger partial charge in [0.2, 0.25) is 0 Å². The molecule has 1 aromatic heterocycles. The molecule has 82 valence electrons. The third-order valence-electron chi connectivity index (χ3n) is 2.01. The highest BCUT2D eigenvalue weighted by Gasteiger charge is 2.09. The molecular formula is C11H8Cl2N2O. The minimum absolute atomic E-state index is 0.306. The van der Waals surface area contributed by atoms with E-state index in [1.807, 2.05) is 24.3 Å². The predicted octanol–water partition coefficient (Wildman–Crippen LogP) is 3.46. The van der Waals surface area contributed by atoms with Crippen molar-refractivity contribution in [1.29, 1.82) is 0 Å². The summed E-state index contributed by atoms with van der Waals surface area (Å²) in [5.74, 6) is 1.13. The Kier molecular flexibility index (Phi) is 3.27. The molecule has 0 fully saturated rings. The molecule has 0 radical (unpaired) electrons. The van der Waals surface area contributed by atoms with Crippen molar-refractivity contribution in [3.63, 3.8) is 0 Å². The van der Waals surface area contributed by atoms with E-state index in [0.717, 1.165) is 5.56 Å². The van der Waals surface area contributed by atoms with Crippen molar-refractivity contribution in [2.45, 2.75) is 0 Å². The zero-order valence-corrected chi connectivity index (χ0v) is 9.96. The summed E-state index contributed by atoms with van der Waals surface area (Å²) >= 11 is 11.6. The highest BCUT2D eigenvalue weighted by molar-refractivity contribution is 6.33. The second-order valence-corrected chi connectivity index (χ2v) is 3.81. The van der Waals surface area contributed by atoms with Crippen LogP contribution in [-0.2, 0) is 0 Å². The number of halogens is 2. The molecule has 0 bridgehead atoms. The van der Waals surface area contributed by atoms with Crippen LogP contribution < -0.4 is 4.74 Å². The van der Waals surface area contributed by atoms with Crippen LogP contribution in [-0.4, -0.2) is 17.1 Å². The summed E-state index contributed by atoms with van der Waals surface area (Å²) in [5.41, 5.74) is 0.759. The number of methoxy groups -OCH3 is 1. The molecule has 0 aliphatic heterocycles. The second kappa shape index (κ2) is 4.68. The zero-order valence-electron chi connectivity index (χ0n) is 8.45. The van der Waals surface area contributed by atoms with Crippen molar-refractivity contribution < 1.29 is 4.74 Å². The van der Waals surface area contributed by atoms with Crippen LogP contribution in [0, 0.1) is 0 Å². The van der Waals surface area contributed by atoms with Gasteiger partial charge in [0.1, 0.15) is 16.1 Å². The summed E-state index contributed by atoms with van der Waals surface area (Å²) in [5, 5.41) is 0.613. The molecular weight excluding hydrogens is 247 g/mol. The first-order valence-corrected chi connectivity index (χ1v) is 5.30. The minimum atomic E-state index is 0.306. The first-order chi connectivity index (χ1) is 7.70. The van der Waals surface area contributed by atoms with Gasteiger partial charge in [0, 0.05) is 6.07 Å². The lowest BCUT2D eigenvalue weighted by Crippen LogP contribution is -1.93. The molecule has 2 rings (SSSR count). The molecule has 5 heteroatoms. The maximum absolute atomic E-state index is 5.82. The van der Waals surface area contributed by atoms with Gasteiger partial charge in [-0.1, -0.05) is 35.3 Å². The van der Waals surface area contributed by atoms with Crippen molar-refractivity contribution in [3.05, 3.63) is 40.6 Å². The molecule has 0 spiro atoms. The number of ether oxygens (including phenoxy) is 1. The average molecular weight is 255 g/mol. The van der Waals surface area contributed by atoms with E-state index in [4.69, 9.17) is 27.9 Å². The van der Waals surface area contributed by atoms with Crippen molar-refractivity contribution in [2.75, 3.05) is 7.11 Å². The number of hydrogen-bond acceptors (Lipinski definition) is 3. The molecule has 2 aromatic rings. The lowest BCUT2D eigenvalue weighted by molar-refractivity contribution is 0.416. The summed E-state index contributed by atoms with van der Waals surface area (Å²) in [6.07, 6.45) is 0. The minimum Gasteiger partial charge on any atom is -0.496 e. The van der Waals surface area contributed by atoms with E-state index in [-0.39, 0.29) is 0 Å². The van der Waals surface area contributed by atoms with Crippen molar-refractivity contribution >= 4 is 23.2 Å². The molecule has 0 saturated carbocycles. The Balaban J connectivity index is 2.58. The lowest BCUT2D eigenvalue weighted by atomic mass is 10.2. The molecule has 1 heterocycles. The smallest absolute Gasteiger partial charge is 0.166 e. The Labute approximate surface area is 103 Å². The summed E-state index contributed by atoms with van der Waals surface area (Å²) in [6, 6.07) is 8.90. The molecule has 0 unspecified atom stereocenters. The third kappa shape index (κ3) is 2.26. The molecule has 0 N–H and O–H groups in total. The van der Waals surface area contributed by atoms with Gasteiger partial charge in [-0.25, -0.2) is 9.97 Å². The Hall–Kier alpha value is -1.32. The van der Waals surface area contributed by atoms with Gasteiger partial charge in [0.25, 0.3) is 0 Å². The summed E-state index contributed by atoms with van der Waals surface area (Å²) in [6.45, 7) is 0. The van der Waals surface area contributed by atoms with E-state index in [1.165, 1.54) is 6.07 Å². The average Bonchev–Trinajstić information content (AvgIpc) is 2.27. The molecule has 0 saturated heterocycles. The maximum Gasteiger partial charge on any atom is 0.166 e. The van der Waals surface area contributed by atoms with E-state index in [0.29, 0.717) is 21.9 Å². The van der Waals surface area contributed by atoms with Crippen LogP contribution in [0.1, 0.15) is 0 Å². The fraction of sp³-hybridized carbons (Fsp3) is 0.0909. The first-order valence-electron chi connectivity index (χ1n) is 4.54. The number of para-hydroxylation sites is 1. The summed E-state index contributed by atoms with van der Waals surface area (Å²) in [7, 11) is 1.59. The summed E-state index contributed by atoms with van der Waals surface area (Å²) in [4.78, 5) is 8.21. The largest absolute Gasteiger partial charge is 0.496 e. The Morgan fingerprint density at radius 1 is 1.06 bits per heavy atom. The van der Waals surface area contributed by atoms with Crippen LogP contribution in [0.3, 0.4) is 0 Å². The molecule has 0 aliphatic carbocycles. The van der Waals surface area contributed by atoms with Gasteiger partial charge < -0.3 is 4.74 Å². The van der Waals surface area contributed by atoms with Gasteiger partial charge in [0.05, 0.1) is 12.7 Å². The molecule has 1 aromatic carbocycles. The Morgan fingerprint density at radius 3 is 2.31 bits per heavy atom. The number of benzene rings is 1. The van der Waals surface area contributed by atoms with Crippen LogP contribution in [0.4, 0.5) is 0 Å². The summed E-state index contributed by atoms with van der Waals surface area (Å²) < 4.78 is 5.21. The van der Waals surface area contributed by atoms with Crippen LogP contribution in [0.5, 0.6) is 5.75 Å².